The lowest BCUT2D eigenvalue weighted by Crippen LogP contribution is -2.63. The van der Waals surface area contributed by atoms with Gasteiger partial charge in [-0.05, 0) is 43.7 Å². The molecule has 1 aliphatic carbocycles. The molecular formula is C30H35N5O3. The monoisotopic (exact) mass is 513 g/mol. The third-order valence-electron chi connectivity index (χ3n) is 9.06. The molecule has 2 aliphatic heterocycles. The minimum Gasteiger partial charge on any atom is -0.387 e. The van der Waals surface area contributed by atoms with Crippen LogP contribution in [0.5, 0.6) is 0 Å². The van der Waals surface area contributed by atoms with Crippen molar-refractivity contribution in [3.63, 3.8) is 0 Å². The van der Waals surface area contributed by atoms with Gasteiger partial charge in [-0.2, -0.15) is 0 Å². The van der Waals surface area contributed by atoms with E-state index in [1.165, 1.54) is 0 Å². The topological polar surface area (TPSA) is 91.6 Å². The molecule has 8 heteroatoms. The van der Waals surface area contributed by atoms with Gasteiger partial charge >= 0.3 is 6.03 Å². The van der Waals surface area contributed by atoms with Crippen LogP contribution in [0, 0.1) is 5.41 Å². The average molecular weight is 514 g/mol. The van der Waals surface area contributed by atoms with Gasteiger partial charge in [-0.3, -0.25) is 14.3 Å². The first-order chi connectivity index (χ1) is 18.5. The Bertz CT molecular complexity index is 1340. The zero-order chi connectivity index (χ0) is 26.2. The van der Waals surface area contributed by atoms with Gasteiger partial charge in [0.25, 0.3) is 5.56 Å². The molecule has 1 N–H and O–H groups in total. The molecule has 198 valence electrons. The molecule has 0 radical (unpaired) electrons. The summed E-state index contributed by atoms with van der Waals surface area (Å²) in [5.74, 6) is 0. The van der Waals surface area contributed by atoms with Gasteiger partial charge in [-0.1, -0.05) is 49.2 Å². The summed E-state index contributed by atoms with van der Waals surface area (Å²) in [6, 6.07) is 15.3. The maximum Gasteiger partial charge on any atom is 0.320 e. The summed E-state index contributed by atoms with van der Waals surface area (Å²) in [5, 5.41) is 12.1. The number of urea groups is 1. The van der Waals surface area contributed by atoms with E-state index in [1.54, 1.807) is 23.2 Å². The number of carbonyl (C=O) groups excluding carboxylic acids is 1. The fourth-order valence-electron chi connectivity index (χ4n) is 6.95. The highest BCUT2D eigenvalue weighted by molar-refractivity contribution is 5.75. The van der Waals surface area contributed by atoms with E-state index < -0.39 is 11.0 Å². The second kappa shape index (κ2) is 9.98. The number of carbonyl (C=O) groups is 1. The van der Waals surface area contributed by atoms with Crippen LogP contribution in [0.25, 0.3) is 11.3 Å². The first-order valence-corrected chi connectivity index (χ1v) is 13.8. The summed E-state index contributed by atoms with van der Waals surface area (Å²) in [6.07, 6.45) is 11.3. The number of aromatic nitrogens is 3. The van der Waals surface area contributed by atoms with Gasteiger partial charge < -0.3 is 14.9 Å². The summed E-state index contributed by atoms with van der Waals surface area (Å²) >= 11 is 0. The van der Waals surface area contributed by atoms with Crippen molar-refractivity contribution >= 4 is 6.03 Å². The molecule has 1 saturated carbocycles. The molecule has 3 fully saturated rings. The Hall–Kier alpha value is -3.52. The number of rotatable bonds is 4. The summed E-state index contributed by atoms with van der Waals surface area (Å²) < 4.78 is 1.54. The Kier molecular flexibility index (Phi) is 6.51. The Morgan fingerprint density at radius 3 is 2.58 bits per heavy atom. The predicted molar refractivity (Wildman–Crippen MR) is 144 cm³/mol. The smallest absolute Gasteiger partial charge is 0.320 e. The van der Waals surface area contributed by atoms with Crippen LogP contribution in [0.2, 0.25) is 0 Å². The van der Waals surface area contributed by atoms with Gasteiger partial charge in [-0.15, -0.1) is 0 Å². The Labute approximate surface area is 223 Å². The number of likely N-dealkylation sites (tertiary alicyclic amines) is 2. The largest absolute Gasteiger partial charge is 0.387 e. The van der Waals surface area contributed by atoms with Gasteiger partial charge in [0.15, 0.2) is 0 Å². The van der Waals surface area contributed by atoms with Crippen molar-refractivity contribution in [2.24, 2.45) is 5.41 Å². The normalized spacial score (nSPS) is 24.7. The van der Waals surface area contributed by atoms with Gasteiger partial charge in [-0.25, -0.2) is 9.78 Å². The summed E-state index contributed by atoms with van der Waals surface area (Å²) in [5.41, 5.74) is 0.920. The van der Waals surface area contributed by atoms with Crippen molar-refractivity contribution in [3.05, 3.63) is 83.2 Å². The summed E-state index contributed by atoms with van der Waals surface area (Å²) in [7, 11) is 0. The van der Waals surface area contributed by atoms with E-state index in [2.05, 4.69) is 9.97 Å². The van der Waals surface area contributed by atoms with Crippen LogP contribution in [0.3, 0.4) is 0 Å². The molecule has 1 aromatic carbocycles. The lowest BCUT2D eigenvalue weighted by Gasteiger charge is -2.53. The van der Waals surface area contributed by atoms with Crippen LogP contribution >= 0.6 is 0 Å². The maximum absolute atomic E-state index is 13.8. The third-order valence-corrected chi connectivity index (χ3v) is 9.06. The lowest BCUT2D eigenvalue weighted by molar-refractivity contribution is -0.136. The second-order valence-corrected chi connectivity index (χ2v) is 11.2. The zero-order valence-corrected chi connectivity index (χ0v) is 21.7. The number of nitrogens with zero attached hydrogens (tertiary/aromatic N) is 5. The van der Waals surface area contributed by atoms with E-state index in [1.807, 2.05) is 58.5 Å². The van der Waals surface area contributed by atoms with E-state index in [0.717, 1.165) is 56.2 Å². The summed E-state index contributed by atoms with van der Waals surface area (Å²) in [6.45, 7) is 1.92. The highest BCUT2D eigenvalue weighted by Crippen LogP contribution is 2.52. The second-order valence-electron chi connectivity index (χ2n) is 11.2. The number of piperidine rings is 1. The highest BCUT2D eigenvalue weighted by atomic mass is 16.3. The minimum absolute atomic E-state index is 0.0457. The molecule has 2 atom stereocenters. The van der Waals surface area contributed by atoms with E-state index in [4.69, 9.17) is 0 Å². The summed E-state index contributed by atoms with van der Waals surface area (Å²) in [4.78, 5) is 39.6. The molecule has 2 aromatic heterocycles. The molecule has 4 heterocycles. The number of hydrogen-bond acceptors (Lipinski definition) is 5. The van der Waals surface area contributed by atoms with Crippen molar-refractivity contribution in [2.45, 2.75) is 63.1 Å². The lowest BCUT2D eigenvalue weighted by atomic mass is 9.66. The van der Waals surface area contributed by atoms with Crippen LogP contribution in [0.4, 0.5) is 4.79 Å². The van der Waals surface area contributed by atoms with Crippen molar-refractivity contribution in [3.8, 4) is 11.3 Å². The minimum atomic E-state index is -1.08. The van der Waals surface area contributed by atoms with E-state index in [0.29, 0.717) is 25.2 Å². The predicted octanol–water partition coefficient (Wildman–Crippen LogP) is 4.26. The first-order valence-electron chi connectivity index (χ1n) is 13.8. The first kappa shape index (κ1) is 24.8. The van der Waals surface area contributed by atoms with Crippen molar-refractivity contribution < 1.29 is 9.90 Å². The van der Waals surface area contributed by atoms with Crippen LogP contribution in [-0.4, -0.2) is 60.7 Å². The van der Waals surface area contributed by atoms with Crippen molar-refractivity contribution in [1.29, 1.82) is 0 Å². The van der Waals surface area contributed by atoms with Crippen LogP contribution in [-0.2, 0) is 6.54 Å². The molecule has 2 saturated heterocycles. The molecule has 6 rings (SSSR count). The number of pyridine rings is 1. The maximum atomic E-state index is 13.8. The van der Waals surface area contributed by atoms with Crippen molar-refractivity contribution in [1.82, 2.24) is 24.3 Å². The van der Waals surface area contributed by atoms with E-state index >= 15 is 0 Å². The van der Waals surface area contributed by atoms with Crippen LogP contribution in [0.15, 0.2) is 72.0 Å². The SMILES string of the molecule is O=C(N1CCC(O)(Cn2cnc(-c3ccccc3)cc2=O)C2(CCCC2)C1)N1CCCC1c1cccnc1. The number of amides is 2. The average Bonchev–Trinajstić information content (AvgIpc) is 3.63. The number of aliphatic hydroxyl groups is 1. The third kappa shape index (κ3) is 4.41. The molecule has 1 spiro atoms. The van der Waals surface area contributed by atoms with Gasteiger partial charge in [0.05, 0.1) is 30.2 Å². The molecule has 8 nitrogen and oxygen atoms in total. The van der Waals surface area contributed by atoms with E-state index in [9.17, 15) is 14.7 Å². The molecule has 2 amide bonds. The van der Waals surface area contributed by atoms with Gasteiger partial charge in [0, 0.05) is 49.1 Å². The molecule has 2 unspecified atom stereocenters. The van der Waals surface area contributed by atoms with Crippen LogP contribution < -0.4 is 5.56 Å². The van der Waals surface area contributed by atoms with E-state index in [-0.39, 0.29) is 24.2 Å². The fourth-order valence-corrected chi connectivity index (χ4v) is 6.95. The molecular weight excluding hydrogens is 478 g/mol. The Morgan fingerprint density at radius 1 is 1.03 bits per heavy atom. The molecule has 38 heavy (non-hydrogen) atoms. The van der Waals surface area contributed by atoms with Gasteiger partial charge in [0.1, 0.15) is 0 Å². The Balaban J connectivity index is 1.22. The standard InChI is InChI=1S/C30H35N5O3/c36-27-18-25(23-8-2-1-3-9-23)32-22-34(27)21-30(38)14-17-33(20-29(30)12-4-5-13-29)28(37)35-16-7-11-26(35)24-10-6-15-31-19-24/h1-3,6,8-10,15,18-19,22,26,38H,4-5,7,11-14,16-17,20-21H2. The van der Waals surface area contributed by atoms with Crippen LogP contribution in [0.1, 0.15) is 56.6 Å². The number of benzene rings is 1. The molecule has 0 bridgehead atoms. The molecule has 3 aliphatic rings. The zero-order valence-electron chi connectivity index (χ0n) is 21.7. The van der Waals surface area contributed by atoms with Gasteiger partial charge in [0.2, 0.25) is 0 Å². The highest BCUT2D eigenvalue weighted by Gasteiger charge is 2.56. The fraction of sp³-hybridized carbons (Fsp3) is 0.467. The number of hydrogen-bond donors (Lipinski definition) is 1. The molecule has 3 aromatic rings. The quantitative estimate of drug-likeness (QED) is 0.563. The Morgan fingerprint density at radius 2 is 1.84 bits per heavy atom. The van der Waals surface area contributed by atoms with Crippen molar-refractivity contribution in [2.75, 3.05) is 19.6 Å².